The van der Waals surface area contributed by atoms with E-state index in [9.17, 15) is 0 Å². The van der Waals surface area contributed by atoms with Crippen molar-refractivity contribution in [1.29, 1.82) is 0 Å². The van der Waals surface area contributed by atoms with Gasteiger partial charge < -0.3 is 9.64 Å². The van der Waals surface area contributed by atoms with Crippen LogP contribution in [-0.4, -0.2) is 30.2 Å². The summed E-state index contributed by atoms with van der Waals surface area (Å²) in [4.78, 5) is 11.3. The summed E-state index contributed by atoms with van der Waals surface area (Å²) in [6.45, 7) is 12.7. The van der Waals surface area contributed by atoms with E-state index < -0.39 is 0 Å². The Morgan fingerprint density at radius 1 is 1.25 bits per heavy atom. The van der Waals surface area contributed by atoms with Crippen molar-refractivity contribution in [2.24, 2.45) is 5.92 Å². The lowest BCUT2D eigenvalue weighted by molar-refractivity contribution is 0.386. The minimum Gasteiger partial charge on any atom is -0.481 e. The number of hydrogen-bond donors (Lipinski definition) is 0. The van der Waals surface area contributed by atoms with E-state index in [2.05, 4.69) is 35.6 Å². The lowest BCUT2D eigenvalue weighted by Gasteiger charge is -2.30. The zero-order valence-electron chi connectivity index (χ0n) is 13.8. The first-order valence-corrected chi connectivity index (χ1v) is 7.77. The Morgan fingerprint density at radius 2 is 1.85 bits per heavy atom. The summed E-state index contributed by atoms with van der Waals surface area (Å²) in [7, 11) is 1.68. The van der Waals surface area contributed by atoms with Crippen LogP contribution in [0.25, 0.3) is 0 Å². The zero-order chi connectivity index (χ0) is 15.1. The van der Waals surface area contributed by atoms with Gasteiger partial charge in [-0.05, 0) is 24.7 Å². The van der Waals surface area contributed by atoms with Gasteiger partial charge in [0, 0.05) is 24.8 Å². The van der Waals surface area contributed by atoms with E-state index in [1.807, 2.05) is 20.0 Å². The Morgan fingerprint density at radius 3 is 2.35 bits per heavy atom. The van der Waals surface area contributed by atoms with Gasteiger partial charge in [-0.3, -0.25) is 0 Å². The van der Waals surface area contributed by atoms with Gasteiger partial charge in [-0.1, -0.05) is 34.6 Å². The monoisotopic (exact) mass is 279 g/mol. The molecule has 0 N–H and O–H groups in total. The molecule has 0 radical (unpaired) electrons. The molecule has 1 aliphatic rings. The van der Waals surface area contributed by atoms with Crippen molar-refractivity contribution >= 4 is 5.95 Å². The van der Waals surface area contributed by atoms with E-state index in [-0.39, 0.29) is 0 Å². The van der Waals surface area contributed by atoms with E-state index in [1.54, 1.807) is 7.11 Å². The number of ether oxygens (including phenoxy) is 1. The number of aromatic nitrogens is 2. The van der Waals surface area contributed by atoms with Gasteiger partial charge in [-0.25, -0.2) is 4.98 Å². The fourth-order valence-corrected chi connectivity index (χ4v) is 2.29. The number of nitrogens with zero attached hydrogens (tertiary/aromatic N) is 3. The van der Waals surface area contributed by atoms with E-state index >= 15 is 0 Å². The molecular formula is C16H29N3O. The maximum Gasteiger partial charge on any atom is 0.228 e. The molecule has 4 heteroatoms. The zero-order valence-corrected chi connectivity index (χ0v) is 13.8. The molecule has 1 saturated heterocycles. The highest BCUT2D eigenvalue weighted by Crippen LogP contribution is 2.27. The van der Waals surface area contributed by atoms with Gasteiger partial charge in [-0.2, -0.15) is 4.98 Å². The van der Waals surface area contributed by atoms with Crippen LogP contribution in [-0.2, 0) is 0 Å². The van der Waals surface area contributed by atoms with Crippen LogP contribution in [0, 0.1) is 5.92 Å². The van der Waals surface area contributed by atoms with Crippen LogP contribution in [0.2, 0.25) is 0 Å². The molecule has 0 aromatic carbocycles. The molecule has 1 fully saturated rings. The minimum atomic E-state index is 0.385. The van der Waals surface area contributed by atoms with E-state index in [4.69, 9.17) is 4.74 Å². The summed E-state index contributed by atoms with van der Waals surface area (Å²) in [5.74, 6) is 2.73. The van der Waals surface area contributed by atoms with E-state index in [1.165, 1.54) is 12.8 Å². The summed E-state index contributed by atoms with van der Waals surface area (Å²) in [6.07, 6.45) is 4.35. The molecule has 0 amide bonds. The van der Waals surface area contributed by atoms with Crippen molar-refractivity contribution in [2.45, 2.75) is 53.4 Å². The molecule has 4 nitrogen and oxygen atoms in total. The number of methoxy groups -OCH3 is 1. The average molecular weight is 279 g/mol. The van der Waals surface area contributed by atoms with Crippen molar-refractivity contribution in [3.63, 3.8) is 0 Å². The Labute approximate surface area is 123 Å². The molecule has 0 aliphatic carbocycles. The Balaban J connectivity index is 0.000000956. The van der Waals surface area contributed by atoms with Crippen molar-refractivity contribution in [1.82, 2.24) is 9.97 Å². The normalized spacial score (nSPS) is 15.8. The quantitative estimate of drug-likeness (QED) is 0.842. The van der Waals surface area contributed by atoms with Crippen LogP contribution in [0.4, 0.5) is 5.95 Å². The van der Waals surface area contributed by atoms with E-state index in [0.717, 1.165) is 30.5 Å². The molecule has 2 rings (SSSR count). The predicted octanol–water partition coefficient (Wildman–Crippen LogP) is 3.87. The second-order valence-corrected chi connectivity index (χ2v) is 5.46. The Kier molecular flexibility index (Phi) is 6.76. The lowest BCUT2D eigenvalue weighted by Crippen LogP contribution is -2.34. The minimum absolute atomic E-state index is 0.385. The molecule has 1 aromatic rings. The number of hydrogen-bond acceptors (Lipinski definition) is 4. The van der Waals surface area contributed by atoms with Crippen molar-refractivity contribution in [2.75, 3.05) is 25.1 Å². The van der Waals surface area contributed by atoms with Gasteiger partial charge in [-0.15, -0.1) is 0 Å². The van der Waals surface area contributed by atoms with Crippen LogP contribution < -0.4 is 9.64 Å². The second-order valence-electron chi connectivity index (χ2n) is 5.46. The molecule has 20 heavy (non-hydrogen) atoms. The Bertz CT molecular complexity index is 399. The summed E-state index contributed by atoms with van der Waals surface area (Å²) in [5, 5.41) is 0. The lowest BCUT2D eigenvalue weighted by atomic mass is 10.00. The highest BCUT2D eigenvalue weighted by atomic mass is 16.5. The van der Waals surface area contributed by atoms with Gasteiger partial charge in [0.2, 0.25) is 11.8 Å². The molecule has 1 aliphatic heterocycles. The summed E-state index contributed by atoms with van der Waals surface area (Å²) < 4.78 is 5.38. The molecule has 0 saturated carbocycles. The third-order valence-corrected chi connectivity index (χ3v) is 3.65. The molecule has 0 spiro atoms. The van der Waals surface area contributed by atoms with Crippen molar-refractivity contribution in [3.05, 3.63) is 11.8 Å². The van der Waals surface area contributed by atoms with Crippen LogP contribution in [0.1, 0.15) is 58.9 Å². The number of anilines is 1. The van der Waals surface area contributed by atoms with Crippen molar-refractivity contribution in [3.8, 4) is 5.88 Å². The predicted molar refractivity (Wildman–Crippen MR) is 84.6 cm³/mol. The topological polar surface area (TPSA) is 38.2 Å². The van der Waals surface area contributed by atoms with Gasteiger partial charge >= 0.3 is 0 Å². The third kappa shape index (κ3) is 4.09. The molecule has 114 valence electrons. The fraction of sp³-hybridized carbons (Fsp3) is 0.750. The van der Waals surface area contributed by atoms with Crippen molar-refractivity contribution < 1.29 is 4.74 Å². The van der Waals surface area contributed by atoms with Crippen LogP contribution >= 0.6 is 0 Å². The van der Waals surface area contributed by atoms with E-state index in [0.29, 0.717) is 11.8 Å². The molecule has 1 aromatic heterocycles. The van der Waals surface area contributed by atoms with Gasteiger partial charge in [0.25, 0.3) is 0 Å². The molecular weight excluding hydrogens is 250 g/mol. The van der Waals surface area contributed by atoms with Gasteiger partial charge in [0.1, 0.15) is 0 Å². The first-order valence-electron chi connectivity index (χ1n) is 7.77. The first kappa shape index (κ1) is 16.7. The summed E-state index contributed by atoms with van der Waals surface area (Å²) in [5.41, 5.74) is 1.08. The SMILES string of the molecule is CC.COc1nc(N2CCC(C)CC2)ncc1C(C)C. The van der Waals surface area contributed by atoms with Crippen LogP contribution in [0.15, 0.2) is 6.20 Å². The first-order chi connectivity index (χ1) is 9.61. The van der Waals surface area contributed by atoms with Gasteiger partial charge in [0.05, 0.1) is 7.11 Å². The number of rotatable bonds is 3. The molecule has 0 bridgehead atoms. The highest BCUT2D eigenvalue weighted by molar-refractivity contribution is 5.37. The fourth-order valence-electron chi connectivity index (χ4n) is 2.29. The largest absolute Gasteiger partial charge is 0.481 e. The molecule has 0 atom stereocenters. The summed E-state index contributed by atoms with van der Waals surface area (Å²) in [6, 6.07) is 0. The molecule has 0 unspecified atom stereocenters. The third-order valence-electron chi connectivity index (χ3n) is 3.65. The maximum absolute atomic E-state index is 5.38. The van der Waals surface area contributed by atoms with Crippen LogP contribution in [0.5, 0.6) is 5.88 Å². The summed E-state index contributed by atoms with van der Waals surface area (Å²) >= 11 is 0. The number of piperidine rings is 1. The maximum atomic E-state index is 5.38. The van der Waals surface area contributed by atoms with Gasteiger partial charge in [0.15, 0.2) is 0 Å². The average Bonchev–Trinajstić information content (AvgIpc) is 2.49. The smallest absolute Gasteiger partial charge is 0.228 e. The Hall–Kier alpha value is -1.32. The molecule has 2 heterocycles. The standard InChI is InChI=1S/C14H23N3O.C2H6/c1-10(2)12-9-15-14(16-13(12)18-4)17-7-5-11(3)6-8-17;1-2/h9-11H,5-8H2,1-4H3;1-2H3. The van der Waals surface area contributed by atoms with Crippen LogP contribution in [0.3, 0.4) is 0 Å². The second kappa shape index (κ2) is 8.08. The highest BCUT2D eigenvalue weighted by Gasteiger charge is 2.19.